The smallest absolute Gasteiger partial charge is 0.309 e. The van der Waals surface area contributed by atoms with E-state index in [2.05, 4.69) is 4.74 Å². The average Bonchev–Trinajstić information content (AvgIpc) is 2.38. The maximum absolute atomic E-state index is 11.5. The highest BCUT2D eigenvalue weighted by Gasteiger charge is 2.20. The molecule has 0 amide bonds. The first-order chi connectivity index (χ1) is 8.65. The lowest BCUT2D eigenvalue weighted by atomic mass is 9.98. The van der Waals surface area contributed by atoms with Crippen LogP contribution in [0.1, 0.15) is 19.8 Å². The van der Waals surface area contributed by atoms with Crippen molar-refractivity contribution in [3.8, 4) is 0 Å². The Balaban J connectivity index is 4.45. The van der Waals surface area contributed by atoms with Crippen molar-refractivity contribution in [2.75, 3.05) is 13.7 Å². The van der Waals surface area contributed by atoms with Gasteiger partial charge in [0.2, 0.25) is 0 Å². The molecule has 0 heterocycles. The van der Waals surface area contributed by atoms with Crippen LogP contribution in [0, 0.1) is 5.92 Å². The van der Waals surface area contributed by atoms with Gasteiger partial charge >= 0.3 is 5.97 Å². The van der Waals surface area contributed by atoms with Crippen LogP contribution in [0.5, 0.6) is 0 Å². The number of hydrogen-bond donors (Lipinski definition) is 1. The highest BCUT2D eigenvalue weighted by atomic mass is 16.5. The van der Waals surface area contributed by atoms with Crippen molar-refractivity contribution in [2.45, 2.75) is 19.8 Å². The Morgan fingerprint density at radius 2 is 2.00 bits per heavy atom. The largest absolute Gasteiger partial charge is 0.469 e. The zero-order chi connectivity index (χ0) is 13.8. The summed E-state index contributed by atoms with van der Waals surface area (Å²) in [7, 11) is 1.30. The number of esters is 1. The topological polar surface area (TPSA) is 63.6 Å². The van der Waals surface area contributed by atoms with Crippen molar-refractivity contribution in [1.82, 2.24) is 0 Å². The van der Waals surface area contributed by atoms with Gasteiger partial charge in [0.1, 0.15) is 0 Å². The molecular weight excluding hydrogens is 232 g/mol. The number of hydrogen-bond acceptors (Lipinski definition) is 4. The van der Waals surface area contributed by atoms with Gasteiger partial charge in [-0.1, -0.05) is 30.4 Å². The number of carbonyl (C=O) groups excluding carboxylic acids is 2. The molecule has 0 aliphatic heterocycles. The second-order valence-electron chi connectivity index (χ2n) is 3.67. The Morgan fingerprint density at radius 3 is 2.56 bits per heavy atom. The fourth-order valence-corrected chi connectivity index (χ4v) is 1.36. The molecule has 0 spiro atoms. The molecule has 0 radical (unpaired) electrons. The predicted molar refractivity (Wildman–Crippen MR) is 69.9 cm³/mol. The molecule has 1 unspecified atom stereocenters. The Kier molecular flexibility index (Phi) is 9.50. The van der Waals surface area contributed by atoms with E-state index in [1.807, 2.05) is 31.2 Å². The van der Waals surface area contributed by atoms with Crippen molar-refractivity contribution in [2.24, 2.45) is 5.92 Å². The predicted octanol–water partition coefficient (Wildman–Crippen LogP) is 1.81. The van der Waals surface area contributed by atoms with Gasteiger partial charge in [0, 0.05) is 6.42 Å². The molecule has 0 fully saturated rings. The summed E-state index contributed by atoms with van der Waals surface area (Å²) in [6.07, 6.45) is 10.5. The molecule has 0 bridgehead atoms. The van der Waals surface area contributed by atoms with Crippen molar-refractivity contribution < 1.29 is 19.4 Å². The molecule has 0 saturated heterocycles. The van der Waals surface area contributed by atoms with E-state index in [0.717, 1.165) is 0 Å². The Morgan fingerprint density at radius 1 is 1.28 bits per heavy atom. The molecule has 1 N–H and O–H groups in total. The molecule has 4 heteroatoms. The van der Waals surface area contributed by atoms with Gasteiger partial charge in [0.05, 0.1) is 19.6 Å². The molecule has 0 aliphatic rings. The first-order valence-electron chi connectivity index (χ1n) is 5.81. The van der Waals surface area contributed by atoms with E-state index in [-0.39, 0.29) is 18.8 Å². The van der Waals surface area contributed by atoms with Crippen LogP contribution in [0.3, 0.4) is 0 Å². The number of aliphatic hydroxyl groups is 1. The van der Waals surface area contributed by atoms with E-state index in [9.17, 15) is 9.59 Å². The molecule has 0 rings (SSSR count). The van der Waals surface area contributed by atoms with Crippen LogP contribution in [-0.2, 0) is 14.3 Å². The van der Waals surface area contributed by atoms with Gasteiger partial charge in [0.25, 0.3) is 0 Å². The average molecular weight is 252 g/mol. The lowest BCUT2D eigenvalue weighted by Gasteiger charge is -2.10. The normalized spacial score (nSPS) is 13.5. The second kappa shape index (κ2) is 10.5. The number of rotatable bonds is 8. The molecule has 0 aliphatic carbocycles. The van der Waals surface area contributed by atoms with E-state index >= 15 is 0 Å². The van der Waals surface area contributed by atoms with Crippen molar-refractivity contribution >= 4 is 11.8 Å². The van der Waals surface area contributed by atoms with Crippen molar-refractivity contribution in [1.29, 1.82) is 0 Å². The maximum atomic E-state index is 11.5. The molecular formula is C14H20O4. The number of ether oxygens (including phenoxy) is 1. The van der Waals surface area contributed by atoms with E-state index in [1.54, 1.807) is 0 Å². The SMILES string of the molecule is C/C=C/C=C/CC(CC(=O)/C=C/CO)C(=O)OC. The first kappa shape index (κ1) is 16.3. The van der Waals surface area contributed by atoms with E-state index in [1.165, 1.54) is 19.3 Å². The summed E-state index contributed by atoms with van der Waals surface area (Å²) in [4.78, 5) is 23.0. The third kappa shape index (κ3) is 7.57. The van der Waals surface area contributed by atoms with E-state index in [0.29, 0.717) is 6.42 Å². The lowest BCUT2D eigenvalue weighted by Crippen LogP contribution is -2.18. The van der Waals surface area contributed by atoms with Gasteiger partial charge < -0.3 is 9.84 Å². The number of allylic oxidation sites excluding steroid dienone is 5. The highest BCUT2D eigenvalue weighted by molar-refractivity contribution is 5.92. The minimum Gasteiger partial charge on any atom is -0.469 e. The van der Waals surface area contributed by atoms with Gasteiger partial charge in [-0.2, -0.15) is 0 Å². The van der Waals surface area contributed by atoms with Gasteiger partial charge in [0.15, 0.2) is 5.78 Å². The third-order valence-corrected chi connectivity index (χ3v) is 2.25. The molecule has 0 saturated carbocycles. The minimum absolute atomic E-state index is 0.0867. The standard InChI is InChI=1S/C14H20O4/c1-3-4-5-6-8-12(14(17)18-2)11-13(16)9-7-10-15/h3-7,9,12,15H,8,10-11H2,1-2H3/b4-3+,6-5+,9-7+. The molecule has 0 aromatic heterocycles. The summed E-state index contributed by atoms with van der Waals surface area (Å²) in [5.74, 6) is -1.07. The van der Waals surface area contributed by atoms with Gasteiger partial charge in [-0.15, -0.1) is 0 Å². The summed E-state index contributed by atoms with van der Waals surface area (Å²) in [5.41, 5.74) is 0. The van der Waals surface area contributed by atoms with Crippen molar-refractivity contribution in [3.05, 3.63) is 36.5 Å². The van der Waals surface area contributed by atoms with Gasteiger partial charge in [-0.25, -0.2) is 0 Å². The number of methoxy groups -OCH3 is 1. The monoisotopic (exact) mass is 252 g/mol. The van der Waals surface area contributed by atoms with Crippen LogP contribution in [0.4, 0.5) is 0 Å². The molecule has 4 nitrogen and oxygen atoms in total. The van der Waals surface area contributed by atoms with Gasteiger partial charge in [-0.05, 0) is 19.4 Å². The van der Waals surface area contributed by atoms with E-state index in [4.69, 9.17) is 5.11 Å². The summed E-state index contributed by atoms with van der Waals surface area (Å²) in [5, 5.41) is 8.56. The zero-order valence-corrected chi connectivity index (χ0v) is 10.8. The Hall–Kier alpha value is -1.68. The quantitative estimate of drug-likeness (QED) is 0.406. The summed E-state index contributed by atoms with van der Waals surface area (Å²) < 4.78 is 4.66. The van der Waals surface area contributed by atoms with Crippen LogP contribution in [0.2, 0.25) is 0 Å². The number of aliphatic hydroxyl groups excluding tert-OH is 1. The number of ketones is 1. The Labute approximate surface area is 108 Å². The van der Waals surface area contributed by atoms with Crippen LogP contribution in [0.15, 0.2) is 36.5 Å². The van der Waals surface area contributed by atoms with E-state index < -0.39 is 11.9 Å². The first-order valence-corrected chi connectivity index (χ1v) is 5.81. The summed E-state index contributed by atoms with van der Waals surface area (Å²) in [6, 6.07) is 0. The highest BCUT2D eigenvalue weighted by Crippen LogP contribution is 2.13. The van der Waals surface area contributed by atoms with Crippen LogP contribution in [-0.4, -0.2) is 30.6 Å². The van der Waals surface area contributed by atoms with Gasteiger partial charge in [-0.3, -0.25) is 9.59 Å². The lowest BCUT2D eigenvalue weighted by molar-refractivity contribution is -0.146. The summed E-state index contributed by atoms with van der Waals surface area (Å²) in [6.45, 7) is 1.71. The van der Waals surface area contributed by atoms with Crippen LogP contribution in [0.25, 0.3) is 0 Å². The molecule has 1 atom stereocenters. The fourth-order valence-electron chi connectivity index (χ4n) is 1.36. The maximum Gasteiger partial charge on any atom is 0.309 e. The fraction of sp³-hybridized carbons (Fsp3) is 0.429. The van der Waals surface area contributed by atoms with Crippen molar-refractivity contribution in [3.63, 3.8) is 0 Å². The Bertz CT molecular complexity index is 340. The zero-order valence-electron chi connectivity index (χ0n) is 10.8. The third-order valence-electron chi connectivity index (χ3n) is 2.25. The number of carbonyl (C=O) groups is 2. The van der Waals surface area contributed by atoms with Crippen LogP contribution < -0.4 is 0 Å². The minimum atomic E-state index is -0.479. The molecule has 0 aromatic carbocycles. The molecule has 100 valence electrons. The summed E-state index contributed by atoms with van der Waals surface area (Å²) >= 11 is 0. The second-order valence-corrected chi connectivity index (χ2v) is 3.67. The molecule has 18 heavy (non-hydrogen) atoms. The van der Waals surface area contributed by atoms with Crippen LogP contribution >= 0.6 is 0 Å². The molecule has 0 aromatic rings.